The molecule has 18 heteroatoms. The van der Waals surface area contributed by atoms with Crippen LogP contribution in [-0.4, -0.2) is 57.2 Å². The van der Waals surface area contributed by atoms with Crippen molar-refractivity contribution in [3.8, 4) is 33.4 Å². The number of carbonyl (C=O) groups excluding carboxylic acids is 3. The molecular formula is C93H84O12S3Si3. The van der Waals surface area contributed by atoms with Gasteiger partial charge in [0.15, 0.2) is 44.1 Å². The minimum absolute atomic E-state index is 0.122. The van der Waals surface area contributed by atoms with Crippen LogP contribution < -0.4 is 30.9 Å². The molecule has 0 aliphatic heterocycles. The van der Waals surface area contributed by atoms with Gasteiger partial charge in [-0.1, -0.05) is 182 Å². The van der Waals surface area contributed by atoms with E-state index < -0.39 is 42.9 Å². The van der Waals surface area contributed by atoms with Crippen LogP contribution in [0, 0.1) is 0 Å². The van der Waals surface area contributed by atoms with Crippen molar-refractivity contribution in [2.75, 3.05) is 0 Å². The van der Waals surface area contributed by atoms with Gasteiger partial charge in [0.25, 0.3) is 0 Å². The molecule has 0 aliphatic carbocycles. The summed E-state index contributed by atoms with van der Waals surface area (Å²) in [5.74, 6) is -4.25. The van der Waals surface area contributed by atoms with Crippen molar-refractivity contribution in [2.45, 2.75) is 83.3 Å². The molecule has 3 N–H and O–H groups in total. The molecule has 111 heavy (non-hydrogen) atoms. The zero-order chi connectivity index (χ0) is 78.8. The van der Waals surface area contributed by atoms with Crippen molar-refractivity contribution in [2.24, 2.45) is 0 Å². The lowest BCUT2D eigenvalue weighted by Gasteiger charge is -2.15. The third kappa shape index (κ3) is 24.0. The zero-order valence-electron chi connectivity index (χ0n) is 62.1. The Kier molecular flexibility index (Phi) is 29.3. The maximum Gasteiger partial charge on any atom is 0.213 e. The lowest BCUT2D eigenvalue weighted by molar-refractivity contribution is -0.258. The Labute approximate surface area is 660 Å². The molecule has 12 nitrogen and oxygen atoms in total. The number of hydrogen-bond donors (Lipinski definition) is 3. The van der Waals surface area contributed by atoms with Crippen molar-refractivity contribution < 1.29 is 57.3 Å². The lowest BCUT2D eigenvalue weighted by Crippen LogP contribution is -2.41. The SMILES string of the molecule is C[Si](C)(O)c1ccc(-c2ccc([S+](c3ccccc3)c3ccccc3)cc2)cc1.C[Si](C)(O)c1ccc(-c2ccc([S+](c3ccccc3)c3ccccc3)cc2)cc1.C[Si](C)(O)c1ccc(-c2ccc([S+](c3ccccc3)c3ccccc3)cc2)cc1.O=C([O-])c1ccco1.O=C([O-])c1ccco1.O=C([O-])c1ccco1. The van der Waals surface area contributed by atoms with Gasteiger partial charge >= 0.3 is 0 Å². The smallest absolute Gasteiger partial charge is 0.213 e. The average molecular weight is 1570 g/mol. The van der Waals surface area contributed by atoms with Gasteiger partial charge in [-0.2, -0.15) is 0 Å². The van der Waals surface area contributed by atoms with E-state index in [4.69, 9.17) is 0 Å². The summed E-state index contributed by atoms with van der Waals surface area (Å²) >= 11 is 0. The van der Waals surface area contributed by atoms with Gasteiger partial charge in [-0.25, -0.2) is 0 Å². The summed E-state index contributed by atoms with van der Waals surface area (Å²) in [7, 11) is -7.13. The van der Waals surface area contributed by atoms with E-state index in [-0.39, 0.29) is 50.0 Å². The first-order valence-electron chi connectivity index (χ1n) is 35.6. The summed E-state index contributed by atoms with van der Waals surface area (Å²) in [6.07, 6.45) is 3.85. The highest BCUT2D eigenvalue weighted by Gasteiger charge is 2.32. The van der Waals surface area contributed by atoms with Crippen LogP contribution in [0.4, 0.5) is 0 Å². The summed E-state index contributed by atoms with van der Waals surface area (Å²) < 4.78 is 13.3. The number of carboxylic acid groups (broad SMARTS) is 3. The molecular weight excluding hydrogens is 1490 g/mol. The van der Waals surface area contributed by atoms with Crippen molar-refractivity contribution in [1.82, 2.24) is 0 Å². The third-order valence-corrected chi connectivity index (χ3v) is 29.0. The van der Waals surface area contributed by atoms with E-state index in [1.54, 1.807) is 0 Å². The van der Waals surface area contributed by atoms with Crippen LogP contribution in [0.3, 0.4) is 0 Å². The molecule has 0 radical (unpaired) electrons. The number of rotatable bonds is 18. The quantitative estimate of drug-likeness (QED) is 0.0539. The summed E-state index contributed by atoms with van der Waals surface area (Å²) in [6.45, 7) is 11.7. The highest BCUT2D eigenvalue weighted by atomic mass is 32.2. The number of carbonyl (C=O) groups is 3. The van der Waals surface area contributed by atoms with E-state index in [0.29, 0.717) is 0 Å². The Hall–Kier alpha value is -11.5. The minimum atomic E-state index is -2.25. The standard InChI is InChI=1S/3C26H25OSSi.3C5H4O3/c3*1-29(2,27)26-19-15-22(16-20-26)21-13-17-25(18-14-21)28(23-9-5-3-6-10-23)24-11-7-4-8-12-24;3*6-5(7)4-2-1-3-8-4/h3*3-20,27H,1-2H3;3*1-3H,(H,6,7)/q3*+1;;;/p-3. The second-order valence-electron chi connectivity index (χ2n) is 26.6. The van der Waals surface area contributed by atoms with Gasteiger partial charge in [0.1, 0.15) is 35.2 Å². The largest absolute Gasteiger partial charge is 0.542 e. The maximum absolute atomic E-state index is 10.3. The van der Waals surface area contributed by atoms with Gasteiger partial charge < -0.3 is 57.3 Å². The molecule has 0 amide bonds. The molecule has 3 aromatic heterocycles. The van der Waals surface area contributed by atoms with E-state index in [9.17, 15) is 44.1 Å². The van der Waals surface area contributed by atoms with Crippen molar-refractivity contribution in [3.05, 3.63) is 400 Å². The first-order valence-corrected chi connectivity index (χ1v) is 48.1. The molecule has 0 saturated heterocycles. The maximum atomic E-state index is 10.3. The topological polar surface area (TPSA) is 220 Å². The van der Waals surface area contributed by atoms with Crippen LogP contribution in [0.15, 0.2) is 440 Å². The van der Waals surface area contributed by atoms with Crippen molar-refractivity contribution in [1.29, 1.82) is 0 Å². The van der Waals surface area contributed by atoms with Gasteiger partial charge in [-0.05, 0) is 270 Å². The van der Waals surface area contributed by atoms with Crippen LogP contribution in [0.2, 0.25) is 39.3 Å². The highest BCUT2D eigenvalue weighted by molar-refractivity contribution is 7.97. The first kappa shape index (κ1) is 82.0. The predicted molar refractivity (Wildman–Crippen MR) is 448 cm³/mol. The summed E-state index contributed by atoms with van der Waals surface area (Å²) in [5.41, 5.74) is 7.13. The fourth-order valence-electron chi connectivity index (χ4n) is 11.3. The Balaban J connectivity index is 0.000000153. The molecule has 558 valence electrons. The van der Waals surface area contributed by atoms with Gasteiger partial charge in [0, 0.05) is 0 Å². The number of hydrogen-bond acceptors (Lipinski definition) is 12. The number of aromatic carboxylic acids is 3. The molecule has 0 unspecified atom stereocenters. The van der Waals surface area contributed by atoms with Gasteiger partial charge in [0.05, 0.1) is 51.5 Å². The molecule has 12 aromatic carbocycles. The van der Waals surface area contributed by atoms with E-state index in [1.165, 1.54) is 133 Å². The van der Waals surface area contributed by atoms with E-state index in [2.05, 4.69) is 341 Å². The van der Waals surface area contributed by atoms with Crippen LogP contribution >= 0.6 is 0 Å². The molecule has 15 aromatic rings. The average Bonchev–Trinajstić information content (AvgIpc) is 1.01. The Morgan fingerprint density at radius 2 is 0.378 bits per heavy atom. The predicted octanol–water partition coefficient (Wildman–Crippen LogP) is 16.5. The van der Waals surface area contributed by atoms with E-state index in [0.717, 1.165) is 15.6 Å². The van der Waals surface area contributed by atoms with Crippen molar-refractivity contribution in [3.63, 3.8) is 0 Å². The normalized spacial score (nSPS) is 11.0. The second kappa shape index (κ2) is 39.7. The van der Waals surface area contributed by atoms with Crippen LogP contribution in [-0.2, 0) is 32.7 Å². The summed E-state index contributed by atoms with van der Waals surface area (Å²) in [4.78, 5) is 72.4. The van der Waals surface area contributed by atoms with E-state index in [1.807, 2.05) is 39.3 Å². The second-order valence-corrected chi connectivity index (χ2v) is 43.7. The van der Waals surface area contributed by atoms with Gasteiger partial charge in [0.2, 0.25) is 25.0 Å². The number of carboxylic acids is 3. The monoisotopic (exact) mass is 1570 g/mol. The molecule has 0 bridgehead atoms. The van der Waals surface area contributed by atoms with Crippen molar-refractivity contribution >= 4 is 91.1 Å². The minimum Gasteiger partial charge on any atom is -0.542 e. The van der Waals surface area contributed by atoms with Gasteiger partial charge in [-0.3, -0.25) is 0 Å². The number of furan rings is 3. The number of benzene rings is 12. The van der Waals surface area contributed by atoms with Gasteiger partial charge in [-0.15, -0.1) is 0 Å². The molecule has 0 spiro atoms. The fourth-order valence-corrected chi connectivity index (χ4v) is 20.5. The van der Waals surface area contributed by atoms with Crippen LogP contribution in [0.25, 0.3) is 33.4 Å². The Morgan fingerprint density at radius 3 is 0.505 bits per heavy atom. The Morgan fingerprint density at radius 1 is 0.225 bits per heavy atom. The Bertz CT molecular complexity index is 4600. The molecule has 0 saturated carbocycles. The molecule has 3 heterocycles. The summed E-state index contributed by atoms with van der Waals surface area (Å²) in [5, 5.41) is 32.8. The fraction of sp³-hybridized carbons (Fsp3) is 0.0645. The summed E-state index contributed by atoms with van der Waals surface area (Å²) in [6, 6.07) is 125. The highest BCUT2D eigenvalue weighted by Crippen LogP contribution is 2.36. The molecule has 0 aliphatic rings. The first-order chi connectivity index (χ1) is 53.5. The zero-order valence-corrected chi connectivity index (χ0v) is 67.6. The van der Waals surface area contributed by atoms with Crippen LogP contribution in [0.5, 0.6) is 0 Å². The molecule has 15 rings (SSSR count). The van der Waals surface area contributed by atoms with Crippen LogP contribution in [0.1, 0.15) is 31.7 Å². The third-order valence-electron chi connectivity index (χ3n) is 17.1. The molecule has 0 fully saturated rings. The lowest BCUT2D eigenvalue weighted by atomic mass is 10.1. The van der Waals surface area contributed by atoms with E-state index >= 15 is 0 Å². The molecule has 0 atom stereocenters.